The van der Waals surface area contributed by atoms with E-state index in [1.54, 1.807) is 59.5 Å². The Morgan fingerprint density at radius 2 is 1.73 bits per heavy atom. The number of nitrogens with zero attached hydrogens (tertiary/aromatic N) is 5. The Labute approximate surface area is 171 Å². The van der Waals surface area contributed by atoms with E-state index in [9.17, 15) is 14.4 Å². The summed E-state index contributed by atoms with van der Waals surface area (Å²) in [5.41, 5.74) is 0.641. The lowest BCUT2D eigenvalue weighted by atomic mass is 10.1. The molecule has 1 atom stereocenters. The van der Waals surface area contributed by atoms with Gasteiger partial charge in [0.05, 0.1) is 11.1 Å². The van der Waals surface area contributed by atoms with Gasteiger partial charge in [0.25, 0.3) is 11.8 Å². The van der Waals surface area contributed by atoms with Crippen molar-refractivity contribution in [2.24, 2.45) is 0 Å². The lowest BCUT2D eigenvalue weighted by Gasteiger charge is -2.21. The highest BCUT2D eigenvalue weighted by atomic mass is 16.2. The van der Waals surface area contributed by atoms with Crippen molar-refractivity contribution in [3.8, 4) is 5.82 Å². The number of aromatic nitrogens is 4. The molecule has 10 heteroatoms. The van der Waals surface area contributed by atoms with Gasteiger partial charge in [0.2, 0.25) is 5.91 Å². The van der Waals surface area contributed by atoms with Gasteiger partial charge in [-0.2, -0.15) is 5.10 Å². The first-order chi connectivity index (χ1) is 14.6. The maximum atomic E-state index is 12.5. The van der Waals surface area contributed by atoms with Gasteiger partial charge in [-0.1, -0.05) is 12.1 Å². The van der Waals surface area contributed by atoms with Crippen LogP contribution in [0.2, 0.25) is 0 Å². The second-order valence-electron chi connectivity index (χ2n) is 6.65. The summed E-state index contributed by atoms with van der Waals surface area (Å²) in [6.07, 6.45) is 3.42. The molecule has 2 N–H and O–H groups in total. The van der Waals surface area contributed by atoms with E-state index in [2.05, 4.69) is 25.9 Å². The molecule has 3 aromatic rings. The van der Waals surface area contributed by atoms with Crippen molar-refractivity contribution in [2.45, 2.75) is 13.0 Å². The van der Waals surface area contributed by atoms with Gasteiger partial charge in [-0.05, 0) is 37.3 Å². The number of rotatable bonds is 7. The molecule has 2 aromatic heterocycles. The average molecular weight is 405 g/mol. The van der Waals surface area contributed by atoms with Gasteiger partial charge >= 0.3 is 0 Å². The van der Waals surface area contributed by atoms with Gasteiger partial charge in [-0.25, -0.2) is 4.68 Å². The van der Waals surface area contributed by atoms with E-state index in [4.69, 9.17) is 0 Å². The molecule has 0 aliphatic carbocycles. The van der Waals surface area contributed by atoms with Gasteiger partial charge < -0.3 is 10.6 Å². The van der Waals surface area contributed by atoms with Crippen LogP contribution in [0, 0.1) is 0 Å². The SMILES string of the molecule is CC(C(=O)NCCNc1ccc(-n2cccn2)nn1)N1C(=O)c2ccccc2C1=O. The summed E-state index contributed by atoms with van der Waals surface area (Å²) < 4.78 is 1.59. The van der Waals surface area contributed by atoms with Crippen molar-refractivity contribution in [3.63, 3.8) is 0 Å². The van der Waals surface area contributed by atoms with Gasteiger partial charge in [-0.3, -0.25) is 19.3 Å². The van der Waals surface area contributed by atoms with Crippen LogP contribution in [-0.2, 0) is 4.79 Å². The summed E-state index contributed by atoms with van der Waals surface area (Å²) in [5.74, 6) is -0.179. The molecule has 4 rings (SSSR count). The number of hydrogen-bond acceptors (Lipinski definition) is 7. The maximum Gasteiger partial charge on any atom is 0.262 e. The quantitative estimate of drug-likeness (QED) is 0.442. The lowest BCUT2D eigenvalue weighted by molar-refractivity contribution is -0.124. The first-order valence-electron chi connectivity index (χ1n) is 9.38. The smallest absolute Gasteiger partial charge is 0.262 e. The third kappa shape index (κ3) is 3.62. The molecular weight excluding hydrogens is 386 g/mol. The Morgan fingerprint density at radius 3 is 2.33 bits per heavy atom. The summed E-state index contributed by atoms with van der Waals surface area (Å²) in [4.78, 5) is 38.4. The second-order valence-corrected chi connectivity index (χ2v) is 6.65. The van der Waals surface area contributed by atoms with Crippen molar-refractivity contribution in [1.29, 1.82) is 0 Å². The first kappa shape index (κ1) is 19.2. The molecular formula is C20H19N7O3. The maximum absolute atomic E-state index is 12.5. The molecule has 1 aromatic carbocycles. The minimum atomic E-state index is -0.912. The third-order valence-corrected chi connectivity index (χ3v) is 4.71. The molecule has 0 bridgehead atoms. The third-order valence-electron chi connectivity index (χ3n) is 4.71. The Bertz CT molecular complexity index is 1050. The van der Waals surface area contributed by atoms with Crippen LogP contribution < -0.4 is 10.6 Å². The topological polar surface area (TPSA) is 122 Å². The van der Waals surface area contributed by atoms with E-state index < -0.39 is 23.8 Å². The van der Waals surface area contributed by atoms with E-state index in [0.29, 0.717) is 29.3 Å². The Hall–Kier alpha value is -4.08. The van der Waals surface area contributed by atoms with Gasteiger partial charge in [-0.15, -0.1) is 10.2 Å². The number of imide groups is 1. The number of hydrogen-bond donors (Lipinski definition) is 2. The number of amides is 3. The summed E-state index contributed by atoms with van der Waals surface area (Å²) in [5, 5.41) is 18.0. The highest BCUT2D eigenvalue weighted by Crippen LogP contribution is 2.24. The van der Waals surface area contributed by atoms with E-state index in [-0.39, 0.29) is 6.54 Å². The molecule has 1 unspecified atom stereocenters. The van der Waals surface area contributed by atoms with Crippen LogP contribution in [0.25, 0.3) is 5.82 Å². The number of carbonyl (C=O) groups is 3. The molecule has 3 heterocycles. The number of fused-ring (bicyclic) bond motifs is 1. The molecule has 10 nitrogen and oxygen atoms in total. The van der Waals surface area contributed by atoms with Gasteiger partial charge in [0.15, 0.2) is 5.82 Å². The van der Waals surface area contributed by atoms with Crippen LogP contribution >= 0.6 is 0 Å². The fraction of sp³-hybridized carbons (Fsp3) is 0.200. The summed E-state index contributed by atoms with van der Waals surface area (Å²) >= 11 is 0. The predicted molar refractivity (Wildman–Crippen MR) is 107 cm³/mol. The van der Waals surface area contributed by atoms with Crippen LogP contribution in [0.1, 0.15) is 27.6 Å². The number of carbonyl (C=O) groups excluding carboxylic acids is 3. The first-order valence-corrected chi connectivity index (χ1v) is 9.38. The van der Waals surface area contributed by atoms with Crippen molar-refractivity contribution in [3.05, 3.63) is 66.0 Å². The monoisotopic (exact) mass is 405 g/mol. The molecule has 0 saturated heterocycles. The van der Waals surface area contributed by atoms with Crippen molar-refractivity contribution >= 4 is 23.5 Å². The lowest BCUT2D eigenvalue weighted by Crippen LogP contribution is -2.48. The predicted octanol–water partition coefficient (Wildman–Crippen LogP) is 0.875. The fourth-order valence-corrected chi connectivity index (χ4v) is 3.15. The Balaban J connectivity index is 1.27. The van der Waals surface area contributed by atoms with Crippen LogP contribution in [0.5, 0.6) is 0 Å². The van der Waals surface area contributed by atoms with Gasteiger partial charge in [0, 0.05) is 25.5 Å². The normalized spacial score (nSPS) is 13.8. The second kappa shape index (κ2) is 8.11. The Morgan fingerprint density at radius 1 is 1.00 bits per heavy atom. The standard InChI is InChI=1S/C20H19N7O3/c1-13(27-19(29)14-5-2-3-6-15(14)20(27)30)18(28)22-11-10-21-16-7-8-17(25-24-16)26-12-4-9-23-26/h2-9,12-13H,10-11H2,1H3,(H,21,24)(H,22,28). The molecule has 0 radical (unpaired) electrons. The van der Waals surface area contributed by atoms with E-state index in [1.165, 1.54) is 6.92 Å². The number of benzene rings is 1. The van der Waals surface area contributed by atoms with Crippen molar-refractivity contribution in [1.82, 2.24) is 30.2 Å². The zero-order valence-corrected chi connectivity index (χ0v) is 16.1. The molecule has 0 saturated carbocycles. The van der Waals surface area contributed by atoms with Crippen LogP contribution in [0.3, 0.4) is 0 Å². The molecule has 0 spiro atoms. The molecule has 1 aliphatic heterocycles. The van der Waals surface area contributed by atoms with Gasteiger partial charge in [0.1, 0.15) is 11.9 Å². The molecule has 30 heavy (non-hydrogen) atoms. The molecule has 152 valence electrons. The largest absolute Gasteiger partial charge is 0.367 e. The average Bonchev–Trinajstić information content (AvgIpc) is 3.39. The molecule has 0 fully saturated rings. The van der Waals surface area contributed by atoms with E-state index in [0.717, 1.165) is 4.90 Å². The zero-order valence-electron chi connectivity index (χ0n) is 16.1. The van der Waals surface area contributed by atoms with E-state index >= 15 is 0 Å². The summed E-state index contributed by atoms with van der Waals surface area (Å²) in [6, 6.07) is 11.0. The zero-order chi connectivity index (χ0) is 21.1. The van der Waals surface area contributed by atoms with Crippen LogP contribution in [0.15, 0.2) is 54.9 Å². The van der Waals surface area contributed by atoms with Crippen molar-refractivity contribution < 1.29 is 14.4 Å². The molecule has 1 aliphatic rings. The summed E-state index contributed by atoms with van der Waals surface area (Å²) in [7, 11) is 0. The fourth-order valence-electron chi connectivity index (χ4n) is 3.15. The molecule has 3 amide bonds. The highest BCUT2D eigenvalue weighted by molar-refractivity contribution is 6.22. The van der Waals surface area contributed by atoms with E-state index in [1.807, 2.05) is 0 Å². The number of nitrogens with one attached hydrogen (secondary N) is 2. The van der Waals surface area contributed by atoms with Crippen molar-refractivity contribution in [2.75, 3.05) is 18.4 Å². The minimum Gasteiger partial charge on any atom is -0.367 e. The van der Waals surface area contributed by atoms with Crippen LogP contribution in [-0.4, -0.2) is 61.7 Å². The minimum absolute atomic E-state index is 0.287. The summed E-state index contributed by atoms with van der Waals surface area (Å²) in [6.45, 7) is 2.22. The highest BCUT2D eigenvalue weighted by Gasteiger charge is 2.40. The Kier molecular flexibility index (Phi) is 5.21. The van der Waals surface area contributed by atoms with Crippen LogP contribution in [0.4, 0.5) is 5.82 Å². The number of anilines is 1.